The molecule has 0 spiro atoms. The lowest BCUT2D eigenvalue weighted by molar-refractivity contribution is 0.0593. The van der Waals surface area contributed by atoms with Crippen LogP contribution in [0.5, 0.6) is 0 Å². The smallest absolute Gasteiger partial charge is 0.160 e. The molecule has 2 saturated heterocycles. The van der Waals surface area contributed by atoms with Crippen LogP contribution in [0.2, 0.25) is 0 Å². The Morgan fingerprint density at radius 3 is 3.05 bits per heavy atom. The average molecular weight is 303 g/mol. The molecule has 112 valence electrons. The van der Waals surface area contributed by atoms with Crippen molar-refractivity contribution in [3.63, 3.8) is 0 Å². The number of hydrogen-bond donors (Lipinski definition) is 0. The molecule has 2 aliphatic rings. The van der Waals surface area contributed by atoms with E-state index in [9.17, 15) is 0 Å². The summed E-state index contributed by atoms with van der Waals surface area (Å²) in [7, 11) is 0. The van der Waals surface area contributed by atoms with Gasteiger partial charge < -0.3 is 9.30 Å². The third-order valence-electron chi connectivity index (χ3n) is 4.45. The highest BCUT2D eigenvalue weighted by Gasteiger charge is 2.28. The molecule has 5 heteroatoms. The van der Waals surface area contributed by atoms with Crippen LogP contribution in [0, 0.1) is 0 Å². The number of hydrogen-bond acceptors (Lipinski definition) is 4. The molecule has 0 bridgehead atoms. The van der Waals surface area contributed by atoms with Crippen molar-refractivity contribution in [2.75, 3.05) is 19.0 Å². The number of rotatable bonds is 2. The largest absolute Gasteiger partial charge is 0.379 e. The Labute approximate surface area is 129 Å². The number of nitrogens with zero attached hydrogens (tertiary/aromatic N) is 3. The van der Waals surface area contributed by atoms with Crippen LogP contribution >= 0.6 is 11.8 Å². The summed E-state index contributed by atoms with van der Waals surface area (Å²) in [4.78, 5) is 9.54. The molecule has 0 radical (unpaired) electrons. The van der Waals surface area contributed by atoms with E-state index in [2.05, 4.69) is 27.4 Å². The summed E-state index contributed by atoms with van der Waals surface area (Å²) in [5.41, 5.74) is 2.07. The van der Waals surface area contributed by atoms with Crippen LogP contribution in [0.4, 0.5) is 0 Å². The van der Waals surface area contributed by atoms with E-state index in [1.807, 2.05) is 12.3 Å². The first kappa shape index (κ1) is 13.6. The van der Waals surface area contributed by atoms with E-state index in [0.717, 1.165) is 30.8 Å². The number of pyridine rings is 1. The molecule has 0 N–H and O–H groups in total. The maximum absolute atomic E-state index is 5.71. The zero-order chi connectivity index (χ0) is 14.1. The molecule has 4 nitrogen and oxygen atoms in total. The number of ether oxygens (including phenoxy) is 1. The highest BCUT2D eigenvalue weighted by Crippen LogP contribution is 2.40. The standard InChI is InChI=1S/C16H21N3OS/c1-2-10-21-14(7-1)16-18-13-6-3-8-17-15(13)19(16)12-5-4-9-20-11-12/h3,6,8,12,14H,1-2,4-5,7,9-11H2. The van der Waals surface area contributed by atoms with Crippen molar-refractivity contribution in [1.82, 2.24) is 14.5 Å². The highest BCUT2D eigenvalue weighted by atomic mass is 32.2. The Morgan fingerprint density at radius 2 is 2.24 bits per heavy atom. The number of thioether (sulfide) groups is 1. The quantitative estimate of drug-likeness (QED) is 0.847. The summed E-state index contributed by atoms with van der Waals surface area (Å²) in [5.74, 6) is 2.48. The van der Waals surface area contributed by atoms with Gasteiger partial charge in [0.2, 0.25) is 0 Å². The fourth-order valence-corrected chi connectivity index (χ4v) is 4.71. The van der Waals surface area contributed by atoms with E-state index in [-0.39, 0.29) is 0 Å². The first-order valence-corrected chi connectivity index (χ1v) is 9.00. The van der Waals surface area contributed by atoms with Crippen LogP contribution in [-0.2, 0) is 4.74 Å². The summed E-state index contributed by atoms with van der Waals surface area (Å²) < 4.78 is 8.10. The van der Waals surface area contributed by atoms with Gasteiger partial charge >= 0.3 is 0 Å². The average Bonchev–Trinajstić information content (AvgIpc) is 2.96. The van der Waals surface area contributed by atoms with Crippen molar-refractivity contribution in [2.24, 2.45) is 0 Å². The van der Waals surface area contributed by atoms with Crippen LogP contribution in [0.15, 0.2) is 18.3 Å². The van der Waals surface area contributed by atoms with Gasteiger partial charge in [-0.1, -0.05) is 6.42 Å². The molecule has 4 rings (SSSR count). The molecule has 4 heterocycles. The van der Waals surface area contributed by atoms with Crippen LogP contribution in [0.25, 0.3) is 11.2 Å². The van der Waals surface area contributed by atoms with Gasteiger partial charge in [0.1, 0.15) is 11.3 Å². The van der Waals surface area contributed by atoms with E-state index in [1.165, 1.54) is 37.3 Å². The third kappa shape index (κ3) is 2.57. The first-order valence-electron chi connectivity index (χ1n) is 7.95. The van der Waals surface area contributed by atoms with Gasteiger partial charge in [0.25, 0.3) is 0 Å². The fourth-order valence-electron chi connectivity index (χ4n) is 3.41. The SMILES string of the molecule is c1cnc2c(c1)nc(C1CCCCS1)n2C1CCCOC1. The van der Waals surface area contributed by atoms with Crippen LogP contribution in [0.1, 0.15) is 49.2 Å². The van der Waals surface area contributed by atoms with Gasteiger partial charge in [-0.3, -0.25) is 0 Å². The Bertz CT molecular complexity index is 615. The van der Waals surface area contributed by atoms with Gasteiger partial charge in [0.05, 0.1) is 17.9 Å². The molecular weight excluding hydrogens is 282 g/mol. The molecule has 0 saturated carbocycles. The second-order valence-electron chi connectivity index (χ2n) is 5.91. The monoisotopic (exact) mass is 303 g/mol. The van der Waals surface area contributed by atoms with E-state index in [0.29, 0.717) is 11.3 Å². The molecule has 2 unspecified atom stereocenters. The molecule has 2 aromatic heterocycles. The molecule has 0 aromatic carbocycles. The number of aromatic nitrogens is 3. The lowest BCUT2D eigenvalue weighted by Crippen LogP contribution is -2.24. The third-order valence-corrected chi connectivity index (χ3v) is 5.82. The number of imidazole rings is 1. The minimum Gasteiger partial charge on any atom is -0.379 e. The van der Waals surface area contributed by atoms with E-state index in [4.69, 9.17) is 9.72 Å². The highest BCUT2D eigenvalue weighted by molar-refractivity contribution is 7.99. The molecule has 2 aromatic rings. The van der Waals surface area contributed by atoms with E-state index in [1.54, 1.807) is 0 Å². The van der Waals surface area contributed by atoms with Crippen LogP contribution < -0.4 is 0 Å². The van der Waals surface area contributed by atoms with Gasteiger partial charge in [-0.15, -0.1) is 0 Å². The van der Waals surface area contributed by atoms with Crippen molar-refractivity contribution in [3.05, 3.63) is 24.2 Å². The summed E-state index contributed by atoms with van der Waals surface area (Å²) in [5, 5.41) is 0.523. The zero-order valence-electron chi connectivity index (χ0n) is 12.2. The maximum atomic E-state index is 5.71. The maximum Gasteiger partial charge on any atom is 0.160 e. The molecular formula is C16H21N3OS. The van der Waals surface area contributed by atoms with Gasteiger partial charge in [0.15, 0.2) is 5.65 Å². The van der Waals surface area contributed by atoms with Gasteiger partial charge in [-0.05, 0) is 43.6 Å². The van der Waals surface area contributed by atoms with Crippen molar-refractivity contribution in [1.29, 1.82) is 0 Å². The second-order valence-corrected chi connectivity index (χ2v) is 7.22. The van der Waals surface area contributed by atoms with Gasteiger partial charge in [-0.2, -0.15) is 11.8 Å². The van der Waals surface area contributed by atoms with Crippen molar-refractivity contribution >= 4 is 22.9 Å². The normalized spacial score (nSPS) is 27.0. The summed E-state index contributed by atoms with van der Waals surface area (Å²) in [6.07, 6.45) is 8.08. The van der Waals surface area contributed by atoms with Gasteiger partial charge in [-0.25, -0.2) is 9.97 Å². The summed E-state index contributed by atoms with van der Waals surface area (Å²) in [6, 6.07) is 4.46. The predicted molar refractivity (Wildman–Crippen MR) is 85.7 cm³/mol. The van der Waals surface area contributed by atoms with Crippen molar-refractivity contribution in [3.8, 4) is 0 Å². The molecule has 2 aliphatic heterocycles. The van der Waals surface area contributed by atoms with Crippen LogP contribution in [-0.4, -0.2) is 33.5 Å². The molecule has 0 amide bonds. The molecule has 2 atom stereocenters. The zero-order valence-corrected chi connectivity index (χ0v) is 13.0. The topological polar surface area (TPSA) is 39.9 Å². The predicted octanol–water partition coefficient (Wildman–Crippen LogP) is 3.74. The minimum atomic E-state index is 0.399. The fraction of sp³-hybridized carbons (Fsp3) is 0.625. The Morgan fingerprint density at radius 1 is 1.24 bits per heavy atom. The first-order chi connectivity index (χ1) is 10.4. The lowest BCUT2D eigenvalue weighted by Gasteiger charge is -2.28. The Balaban J connectivity index is 1.79. The van der Waals surface area contributed by atoms with Gasteiger partial charge in [0, 0.05) is 12.8 Å². The lowest BCUT2D eigenvalue weighted by atomic mass is 10.1. The van der Waals surface area contributed by atoms with Crippen molar-refractivity contribution in [2.45, 2.75) is 43.4 Å². The van der Waals surface area contributed by atoms with E-state index >= 15 is 0 Å². The van der Waals surface area contributed by atoms with Crippen molar-refractivity contribution < 1.29 is 4.74 Å². The Hall–Kier alpha value is -1.07. The Kier molecular flexibility index (Phi) is 3.86. The molecule has 2 fully saturated rings. The minimum absolute atomic E-state index is 0.399. The molecule has 21 heavy (non-hydrogen) atoms. The molecule has 0 aliphatic carbocycles. The second kappa shape index (κ2) is 5.97. The summed E-state index contributed by atoms with van der Waals surface area (Å²) >= 11 is 2.06. The summed E-state index contributed by atoms with van der Waals surface area (Å²) in [6.45, 7) is 1.69. The van der Waals surface area contributed by atoms with Crippen LogP contribution in [0.3, 0.4) is 0 Å². The number of fused-ring (bicyclic) bond motifs is 1. The van der Waals surface area contributed by atoms with E-state index < -0.39 is 0 Å².